The zero-order valence-electron chi connectivity index (χ0n) is 10.3. The molecule has 6 heteroatoms. The minimum absolute atomic E-state index is 0.108. The van der Waals surface area contributed by atoms with E-state index in [0.29, 0.717) is 5.69 Å². The van der Waals surface area contributed by atoms with Gasteiger partial charge >= 0.3 is 6.18 Å². The van der Waals surface area contributed by atoms with Crippen LogP contribution in [-0.4, -0.2) is 18.1 Å². The van der Waals surface area contributed by atoms with Crippen LogP contribution in [-0.2, 0) is 6.18 Å². The number of hydrogen-bond acceptors (Lipinski definition) is 2. The SMILES string of the molecule is NC(=S)c1ccc(N2CCCCC2)cc1C(F)(F)F. The highest BCUT2D eigenvalue weighted by Gasteiger charge is 2.34. The van der Waals surface area contributed by atoms with Crippen molar-refractivity contribution in [2.24, 2.45) is 5.73 Å². The molecule has 0 unspecified atom stereocenters. The number of halogens is 3. The molecule has 1 fully saturated rings. The molecule has 1 aliphatic rings. The molecule has 2 rings (SSSR count). The van der Waals surface area contributed by atoms with Gasteiger partial charge in [-0.05, 0) is 37.5 Å². The van der Waals surface area contributed by atoms with Crippen LogP contribution in [0.5, 0.6) is 0 Å². The van der Waals surface area contributed by atoms with Crippen molar-refractivity contribution in [1.29, 1.82) is 0 Å². The summed E-state index contributed by atoms with van der Waals surface area (Å²) in [5.74, 6) is 0. The van der Waals surface area contributed by atoms with Crippen LogP contribution in [0.3, 0.4) is 0 Å². The second kappa shape index (κ2) is 5.36. The van der Waals surface area contributed by atoms with Gasteiger partial charge in [0, 0.05) is 24.3 Å². The van der Waals surface area contributed by atoms with Gasteiger partial charge in [0.1, 0.15) is 4.99 Å². The van der Waals surface area contributed by atoms with Gasteiger partial charge in [-0.2, -0.15) is 13.2 Å². The topological polar surface area (TPSA) is 29.3 Å². The molecule has 1 heterocycles. The summed E-state index contributed by atoms with van der Waals surface area (Å²) in [5.41, 5.74) is 5.09. The summed E-state index contributed by atoms with van der Waals surface area (Å²) < 4.78 is 39.1. The summed E-state index contributed by atoms with van der Waals surface area (Å²) in [6.07, 6.45) is -1.28. The van der Waals surface area contributed by atoms with E-state index in [4.69, 9.17) is 5.73 Å². The van der Waals surface area contributed by atoms with Crippen LogP contribution < -0.4 is 10.6 Å². The van der Waals surface area contributed by atoms with E-state index < -0.39 is 11.7 Å². The van der Waals surface area contributed by atoms with Crippen molar-refractivity contribution in [3.8, 4) is 0 Å². The Balaban J connectivity index is 2.40. The van der Waals surface area contributed by atoms with Gasteiger partial charge in [0.05, 0.1) is 5.56 Å². The first-order chi connectivity index (χ1) is 8.89. The van der Waals surface area contributed by atoms with Crippen LogP contribution in [0, 0.1) is 0 Å². The lowest BCUT2D eigenvalue weighted by molar-refractivity contribution is -0.137. The van der Waals surface area contributed by atoms with Crippen LogP contribution >= 0.6 is 12.2 Å². The lowest BCUT2D eigenvalue weighted by atomic mass is 10.0. The molecule has 0 atom stereocenters. The lowest BCUT2D eigenvalue weighted by Crippen LogP contribution is -2.30. The second-order valence-electron chi connectivity index (χ2n) is 4.64. The molecule has 2 nitrogen and oxygen atoms in total. The number of anilines is 1. The van der Waals surface area contributed by atoms with E-state index in [9.17, 15) is 13.2 Å². The van der Waals surface area contributed by atoms with Gasteiger partial charge in [0.25, 0.3) is 0 Å². The lowest BCUT2D eigenvalue weighted by Gasteiger charge is -2.29. The van der Waals surface area contributed by atoms with Gasteiger partial charge in [-0.3, -0.25) is 0 Å². The molecule has 1 aliphatic heterocycles. The highest BCUT2D eigenvalue weighted by atomic mass is 32.1. The van der Waals surface area contributed by atoms with E-state index in [2.05, 4.69) is 12.2 Å². The molecule has 0 spiro atoms. The number of hydrogen-bond donors (Lipinski definition) is 1. The smallest absolute Gasteiger partial charge is 0.389 e. The van der Waals surface area contributed by atoms with Crippen molar-refractivity contribution in [1.82, 2.24) is 0 Å². The Morgan fingerprint density at radius 1 is 1.16 bits per heavy atom. The zero-order chi connectivity index (χ0) is 14.0. The van der Waals surface area contributed by atoms with Crippen LogP contribution in [0.15, 0.2) is 18.2 Å². The van der Waals surface area contributed by atoms with Crippen molar-refractivity contribution < 1.29 is 13.2 Å². The van der Waals surface area contributed by atoms with Crippen molar-refractivity contribution in [2.75, 3.05) is 18.0 Å². The van der Waals surface area contributed by atoms with Crippen LogP contribution in [0.1, 0.15) is 30.4 Å². The Labute approximate surface area is 115 Å². The van der Waals surface area contributed by atoms with Crippen LogP contribution in [0.4, 0.5) is 18.9 Å². The standard InChI is InChI=1S/C13H15F3N2S/c14-13(15,16)11-8-9(4-5-10(11)12(17)19)18-6-2-1-3-7-18/h4-5,8H,1-3,6-7H2,(H2,17,19). The molecule has 0 aromatic heterocycles. The number of nitrogens with two attached hydrogens (primary N) is 1. The summed E-state index contributed by atoms with van der Waals surface area (Å²) >= 11 is 4.68. The third kappa shape index (κ3) is 3.18. The Morgan fingerprint density at radius 2 is 1.79 bits per heavy atom. The minimum atomic E-state index is -4.44. The Kier molecular flexibility index (Phi) is 3.99. The molecule has 0 aliphatic carbocycles. The maximum absolute atomic E-state index is 13.0. The molecule has 0 saturated carbocycles. The fraction of sp³-hybridized carbons (Fsp3) is 0.462. The molecule has 19 heavy (non-hydrogen) atoms. The van der Waals surface area contributed by atoms with Gasteiger partial charge in [-0.25, -0.2) is 0 Å². The van der Waals surface area contributed by atoms with E-state index >= 15 is 0 Å². The highest BCUT2D eigenvalue weighted by Crippen LogP contribution is 2.35. The molecule has 1 aromatic rings. The number of benzene rings is 1. The average molecular weight is 288 g/mol. The van der Waals surface area contributed by atoms with E-state index in [-0.39, 0.29) is 10.6 Å². The van der Waals surface area contributed by atoms with Gasteiger partial charge in [-0.1, -0.05) is 12.2 Å². The number of nitrogens with zero attached hydrogens (tertiary/aromatic N) is 1. The van der Waals surface area contributed by atoms with Crippen molar-refractivity contribution >= 4 is 22.9 Å². The molecule has 0 bridgehead atoms. The number of alkyl halides is 3. The third-order valence-electron chi connectivity index (χ3n) is 3.30. The monoisotopic (exact) mass is 288 g/mol. The van der Waals surface area contributed by atoms with Crippen molar-refractivity contribution in [3.63, 3.8) is 0 Å². The van der Waals surface area contributed by atoms with Gasteiger partial charge < -0.3 is 10.6 Å². The highest BCUT2D eigenvalue weighted by molar-refractivity contribution is 7.80. The first-order valence-electron chi connectivity index (χ1n) is 6.15. The van der Waals surface area contributed by atoms with Gasteiger partial charge in [0.15, 0.2) is 0 Å². The molecule has 0 amide bonds. The first-order valence-corrected chi connectivity index (χ1v) is 6.56. The van der Waals surface area contributed by atoms with E-state index in [0.717, 1.165) is 38.4 Å². The predicted molar refractivity (Wildman–Crippen MR) is 73.4 cm³/mol. The fourth-order valence-corrected chi connectivity index (χ4v) is 2.51. The van der Waals surface area contributed by atoms with E-state index in [1.165, 1.54) is 6.07 Å². The summed E-state index contributed by atoms with van der Waals surface area (Å²) in [6, 6.07) is 4.18. The molecule has 2 N–H and O–H groups in total. The molecule has 0 radical (unpaired) electrons. The first kappa shape index (κ1) is 14.1. The number of thiocarbonyl (C=S) groups is 1. The zero-order valence-corrected chi connectivity index (χ0v) is 11.2. The maximum atomic E-state index is 13.0. The summed E-state index contributed by atoms with van der Waals surface area (Å²) in [6.45, 7) is 1.59. The van der Waals surface area contributed by atoms with E-state index in [1.54, 1.807) is 6.07 Å². The minimum Gasteiger partial charge on any atom is -0.389 e. The normalized spacial score (nSPS) is 16.5. The molecular weight excluding hydrogens is 273 g/mol. The molecule has 1 aromatic carbocycles. The quantitative estimate of drug-likeness (QED) is 0.846. The average Bonchev–Trinajstić information content (AvgIpc) is 2.38. The molecule has 1 saturated heterocycles. The largest absolute Gasteiger partial charge is 0.417 e. The predicted octanol–water partition coefficient (Wildman–Crippen LogP) is 3.33. The Bertz CT molecular complexity index is 479. The van der Waals surface area contributed by atoms with Gasteiger partial charge in [0.2, 0.25) is 0 Å². The van der Waals surface area contributed by atoms with Gasteiger partial charge in [-0.15, -0.1) is 0 Å². The Hall–Kier alpha value is -1.30. The number of piperidine rings is 1. The molecule has 104 valence electrons. The van der Waals surface area contributed by atoms with E-state index in [1.807, 2.05) is 4.90 Å². The van der Waals surface area contributed by atoms with Crippen molar-refractivity contribution in [3.05, 3.63) is 29.3 Å². The summed E-state index contributed by atoms with van der Waals surface area (Å²) in [5, 5.41) is 0. The van der Waals surface area contributed by atoms with Crippen LogP contribution in [0.2, 0.25) is 0 Å². The molecular formula is C13H15F3N2S. The number of rotatable bonds is 2. The fourth-order valence-electron chi connectivity index (χ4n) is 2.33. The van der Waals surface area contributed by atoms with Crippen LogP contribution in [0.25, 0.3) is 0 Å². The summed E-state index contributed by atoms with van der Waals surface area (Å²) in [4.78, 5) is 1.75. The Morgan fingerprint density at radius 3 is 2.32 bits per heavy atom. The third-order valence-corrected chi connectivity index (χ3v) is 3.52. The maximum Gasteiger partial charge on any atom is 0.417 e. The van der Waals surface area contributed by atoms with Crippen molar-refractivity contribution in [2.45, 2.75) is 25.4 Å². The second-order valence-corrected chi connectivity index (χ2v) is 5.08. The summed E-state index contributed by atoms with van der Waals surface area (Å²) in [7, 11) is 0.